The number of esters is 2. The molecule has 0 fully saturated rings. The van der Waals surface area contributed by atoms with Gasteiger partial charge in [0.15, 0.2) is 0 Å². The first kappa shape index (κ1) is 23.1. The monoisotopic (exact) mass is 479 g/mol. The Bertz CT molecular complexity index is 1330. The number of aromatic carboxylic acids is 1. The van der Waals surface area contributed by atoms with E-state index in [2.05, 4.69) is 10.3 Å². The maximum absolute atomic E-state index is 12.8. The summed E-state index contributed by atoms with van der Waals surface area (Å²) in [7, 11) is 2.35. The highest BCUT2D eigenvalue weighted by Gasteiger charge is 2.27. The van der Waals surface area contributed by atoms with Crippen molar-refractivity contribution >= 4 is 61.7 Å². The number of anilines is 1. The van der Waals surface area contributed by atoms with Gasteiger partial charge in [-0.15, -0.1) is 22.7 Å². The van der Waals surface area contributed by atoms with Gasteiger partial charge in [0.05, 0.1) is 31.5 Å². The van der Waals surface area contributed by atoms with E-state index in [0.29, 0.717) is 5.56 Å². The van der Waals surface area contributed by atoms with E-state index in [1.54, 1.807) is 0 Å². The second-order valence-corrected chi connectivity index (χ2v) is 8.53. The molecule has 13 heteroatoms. The van der Waals surface area contributed by atoms with Gasteiger partial charge >= 0.3 is 17.9 Å². The first-order valence-electron chi connectivity index (χ1n) is 8.92. The molecule has 32 heavy (non-hydrogen) atoms. The average Bonchev–Trinajstić information content (AvgIpc) is 3.26. The average molecular weight is 479 g/mol. The van der Waals surface area contributed by atoms with Crippen molar-refractivity contribution in [3.63, 3.8) is 0 Å². The topological polar surface area (TPSA) is 154 Å². The molecule has 0 atom stereocenters. The molecule has 0 saturated carbocycles. The number of aromatic nitrogens is 2. The standard InChI is InChI=1S/C19H17N3O8S2/c1-7-10-14(31-12(7)17(25)26)20-6-22(16(10)24)5-9(23)21-15-11(18(27)29-3)8(2)13(32-15)19(28)30-4/h6H,5H2,1-4H3,(H,21,23)(H,25,26). The summed E-state index contributed by atoms with van der Waals surface area (Å²) in [5.41, 5.74) is -0.00200. The van der Waals surface area contributed by atoms with E-state index in [-0.39, 0.29) is 36.1 Å². The van der Waals surface area contributed by atoms with E-state index in [1.807, 2.05) is 0 Å². The number of hydrogen-bond donors (Lipinski definition) is 2. The number of carboxylic acid groups (broad SMARTS) is 1. The fourth-order valence-corrected chi connectivity index (χ4v) is 5.14. The maximum atomic E-state index is 12.8. The van der Waals surface area contributed by atoms with E-state index in [9.17, 15) is 29.1 Å². The summed E-state index contributed by atoms with van der Waals surface area (Å²) in [6.07, 6.45) is 1.15. The predicted molar refractivity (Wildman–Crippen MR) is 116 cm³/mol. The molecule has 0 aromatic carbocycles. The Kier molecular flexibility index (Phi) is 6.41. The Morgan fingerprint density at radius 2 is 1.72 bits per heavy atom. The normalized spacial score (nSPS) is 10.8. The lowest BCUT2D eigenvalue weighted by Crippen LogP contribution is -2.28. The SMILES string of the molecule is COC(=O)c1sc(NC(=O)Cn2cnc3sc(C(=O)O)c(C)c3c2=O)c(C(=O)OC)c1C. The third kappa shape index (κ3) is 3.99. The van der Waals surface area contributed by atoms with Crippen LogP contribution in [0.1, 0.15) is 40.8 Å². The molecule has 0 saturated heterocycles. The molecule has 168 valence electrons. The Hall–Kier alpha value is -3.58. The smallest absolute Gasteiger partial charge is 0.348 e. The van der Waals surface area contributed by atoms with Gasteiger partial charge in [-0.2, -0.15) is 0 Å². The van der Waals surface area contributed by atoms with Crippen LogP contribution >= 0.6 is 22.7 Å². The van der Waals surface area contributed by atoms with E-state index in [1.165, 1.54) is 21.0 Å². The molecular weight excluding hydrogens is 462 g/mol. The minimum Gasteiger partial charge on any atom is -0.477 e. The third-order valence-electron chi connectivity index (χ3n) is 4.59. The highest BCUT2D eigenvalue weighted by Crippen LogP contribution is 2.34. The van der Waals surface area contributed by atoms with Gasteiger partial charge in [-0.25, -0.2) is 19.4 Å². The minimum atomic E-state index is -1.17. The third-order valence-corrected chi connectivity index (χ3v) is 6.96. The molecule has 1 amide bonds. The molecule has 0 aliphatic carbocycles. The second-order valence-electron chi connectivity index (χ2n) is 6.51. The molecule has 3 rings (SSSR count). The summed E-state index contributed by atoms with van der Waals surface area (Å²) in [5.74, 6) is -3.26. The number of hydrogen-bond acceptors (Lipinski definition) is 10. The van der Waals surface area contributed by atoms with Crippen LogP contribution in [-0.4, -0.2) is 52.7 Å². The number of methoxy groups -OCH3 is 2. The number of carboxylic acids is 1. The zero-order chi connectivity index (χ0) is 23.7. The molecule has 0 aliphatic heterocycles. The summed E-state index contributed by atoms with van der Waals surface area (Å²) < 4.78 is 10.5. The second kappa shape index (κ2) is 8.88. The molecule has 2 N–H and O–H groups in total. The van der Waals surface area contributed by atoms with Crippen LogP contribution in [0.5, 0.6) is 0 Å². The number of amides is 1. The highest BCUT2D eigenvalue weighted by atomic mass is 32.1. The van der Waals surface area contributed by atoms with Crippen LogP contribution in [0.2, 0.25) is 0 Å². The van der Waals surface area contributed by atoms with Crippen molar-refractivity contribution in [2.75, 3.05) is 19.5 Å². The summed E-state index contributed by atoms with van der Waals surface area (Å²) in [6, 6.07) is 0. The fraction of sp³-hybridized carbons (Fsp3) is 0.263. The van der Waals surface area contributed by atoms with Crippen molar-refractivity contribution in [2.24, 2.45) is 0 Å². The van der Waals surface area contributed by atoms with Crippen molar-refractivity contribution in [1.82, 2.24) is 9.55 Å². The van der Waals surface area contributed by atoms with Crippen LogP contribution in [0.3, 0.4) is 0 Å². The van der Waals surface area contributed by atoms with Crippen molar-refractivity contribution in [3.05, 3.63) is 43.1 Å². The lowest BCUT2D eigenvalue weighted by atomic mass is 10.1. The number of fused-ring (bicyclic) bond motifs is 1. The van der Waals surface area contributed by atoms with Crippen LogP contribution in [0.4, 0.5) is 5.00 Å². The molecule has 3 aromatic heterocycles. The number of thiophene rings is 2. The summed E-state index contributed by atoms with van der Waals surface area (Å²) in [4.78, 5) is 65.4. The van der Waals surface area contributed by atoms with Crippen molar-refractivity contribution in [1.29, 1.82) is 0 Å². The van der Waals surface area contributed by atoms with Crippen LogP contribution in [0, 0.1) is 13.8 Å². The summed E-state index contributed by atoms with van der Waals surface area (Å²) >= 11 is 1.72. The Morgan fingerprint density at radius 3 is 2.31 bits per heavy atom. The van der Waals surface area contributed by atoms with Crippen molar-refractivity contribution < 1.29 is 33.8 Å². The molecule has 0 bridgehead atoms. The number of rotatable bonds is 6. The maximum Gasteiger partial charge on any atom is 0.348 e. The van der Waals surface area contributed by atoms with Gasteiger partial charge in [-0.05, 0) is 25.0 Å². The van der Waals surface area contributed by atoms with E-state index >= 15 is 0 Å². The van der Waals surface area contributed by atoms with Gasteiger partial charge in [0.2, 0.25) is 5.91 Å². The van der Waals surface area contributed by atoms with Gasteiger partial charge in [-0.3, -0.25) is 14.2 Å². The van der Waals surface area contributed by atoms with Crippen LogP contribution in [0.25, 0.3) is 10.2 Å². The molecule has 0 radical (unpaired) electrons. The zero-order valence-electron chi connectivity index (χ0n) is 17.3. The number of carbonyl (C=O) groups is 4. The summed E-state index contributed by atoms with van der Waals surface area (Å²) in [5, 5.41) is 12.0. The fourth-order valence-electron chi connectivity index (χ4n) is 3.03. The number of nitrogens with one attached hydrogen (secondary N) is 1. The molecule has 3 aromatic rings. The minimum absolute atomic E-state index is 0.000998. The Labute approximate surface area is 188 Å². The van der Waals surface area contributed by atoms with Gasteiger partial charge in [0.1, 0.15) is 26.1 Å². The molecular formula is C19H17N3O8S2. The lowest BCUT2D eigenvalue weighted by molar-refractivity contribution is -0.116. The molecule has 11 nitrogen and oxygen atoms in total. The zero-order valence-corrected chi connectivity index (χ0v) is 18.9. The molecule has 0 spiro atoms. The van der Waals surface area contributed by atoms with E-state index < -0.39 is 35.9 Å². The van der Waals surface area contributed by atoms with E-state index in [4.69, 9.17) is 9.47 Å². The quantitative estimate of drug-likeness (QED) is 0.506. The molecule has 0 aliphatic rings. The van der Waals surface area contributed by atoms with Crippen LogP contribution < -0.4 is 10.9 Å². The number of carbonyl (C=O) groups excluding carboxylic acids is 3. The molecule has 3 heterocycles. The first-order valence-corrected chi connectivity index (χ1v) is 10.6. The summed E-state index contributed by atoms with van der Waals surface area (Å²) in [6.45, 7) is 2.57. The van der Waals surface area contributed by atoms with Crippen molar-refractivity contribution in [3.8, 4) is 0 Å². The lowest BCUT2D eigenvalue weighted by Gasteiger charge is -2.08. The highest BCUT2D eigenvalue weighted by molar-refractivity contribution is 7.20. The van der Waals surface area contributed by atoms with Gasteiger partial charge in [0, 0.05) is 0 Å². The van der Waals surface area contributed by atoms with Crippen molar-refractivity contribution in [2.45, 2.75) is 20.4 Å². The number of ether oxygens (including phenoxy) is 2. The predicted octanol–water partition coefficient (Wildman–Crippen LogP) is 2.05. The Morgan fingerprint density at radius 1 is 1.06 bits per heavy atom. The molecule has 0 unspecified atom stereocenters. The van der Waals surface area contributed by atoms with Gasteiger partial charge in [0.25, 0.3) is 5.56 Å². The van der Waals surface area contributed by atoms with Gasteiger partial charge in [-0.1, -0.05) is 0 Å². The number of nitrogens with zero attached hydrogens (tertiary/aromatic N) is 2. The Balaban J connectivity index is 1.95. The van der Waals surface area contributed by atoms with Gasteiger partial charge < -0.3 is 19.9 Å². The largest absolute Gasteiger partial charge is 0.477 e. The number of aryl methyl sites for hydroxylation is 1. The van der Waals surface area contributed by atoms with Crippen LogP contribution in [0.15, 0.2) is 11.1 Å². The first-order chi connectivity index (χ1) is 15.1. The van der Waals surface area contributed by atoms with Crippen LogP contribution in [-0.2, 0) is 20.8 Å². The van der Waals surface area contributed by atoms with E-state index in [0.717, 1.165) is 40.7 Å².